The summed E-state index contributed by atoms with van der Waals surface area (Å²) in [5.74, 6) is -0.446. The molecule has 0 N–H and O–H groups in total. The summed E-state index contributed by atoms with van der Waals surface area (Å²) in [5.41, 5.74) is 1.30. The van der Waals surface area contributed by atoms with Crippen LogP contribution in [0.2, 0.25) is 0 Å². The predicted molar refractivity (Wildman–Crippen MR) is 83.1 cm³/mol. The zero-order chi connectivity index (χ0) is 15.1. The average molecular weight is 298 g/mol. The molecule has 2 aromatic carbocycles. The highest BCUT2D eigenvalue weighted by Crippen LogP contribution is 2.24. The van der Waals surface area contributed by atoms with Crippen molar-refractivity contribution in [2.45, 2.75) is 11.5 Å². The average Bonchev–Trinajstić information content (AvgIpc) is 2.54. The molecular formula is C17H14O3S. The second kappa shape index (κ2) is 7.45. The Hall–Kier alpha value is -2.33. The molecule has 3 nitrogen and oxygen atoms in total. The van der Waals surface area contributed by atoms with Crippen molar-refractivity contribution in [2.24, 2.45) is 0 Å². The molecule has 0 fully saturated rings. The van der Waals surface area contributed by atoms with Gasteiger partial charge in [-0.2, -0.15) is 0 Å². The van der Waals surface area contributed by atoms with Gasteiger partial charge in [0.2, 0.25) is 5.12 Å². The minimum absolute atomic E-state index is 0.202. The number of hydrogen-bond acceptors (Lipinski definition) is 4. The highest BCUT2D eigenvalue weighted by molar-refractivity contribution is 8.14. The van der Waals surface area contributed by atoms with Crippen LogP contribution in [0.25, 0.3) is 0 Å². The summed E-state index contributed by atoms with van der Waals surface area (Å²) in [6.45, 7) is 3.62. The van der Waals surface area contributed by atoms with Gasteiger partial charge in [-0.1, -0.05) is 49.0 Å². The van der Waals surface area contributed by atoms with E-state index in [1.807, 2.05) is 30.3 Å². The van der Waals surface area contributed by atoms with Crippen LogP contribution in [0.1, 0.15) is 15.9 Å². The molecule has 0 aliphatic carbocycles. The molecule has 0 bridgehead atoms. The molecule has 0 radical (unpaired) electrons. The number of thioether (sulfide) groups is 1. The maximum Gasteiger partial charge on any atom is 0.339 e. The van der Waals surface area contributed by atoms with Crippen molar-refractivity contribution >= 4 is 22.8 Å². The van der Waals surface area contributed by atoms with Crippen molar-refractivity contribution < 1.29 is 14.3 Å². The fourth-order valence-electron chi connectivity index (χ4n) is 1.68. The van der Waals surface area contributed by atoms with E-state index >= 15 is 0 Å². The predicted octanol–water partition coefficient (Wildman–Crippen LogP) is 3.85. The highest BCUT2D eigenvalue weighted by Gasteiger charge is 2.14. The Bertz CT molecular complexity index is 650. The maximum atomic E-state index is 12.1. The van der Waals surface area contributed by atoms with Crippen molar-refractivity contribution in [2.75, 3.05) is 0 Å². The number of hydrogen-bond donors (Lipinski definition) is 0. The van der Waals surface area contributed by atoms with Crippen LogP contribution < -0.4 is 0 Å². The lowest BCUT2D eigenvalue weighted by Gasteiger charge is -2.08. The van der Waals surface area contributed by atoms with Gasteiger partial charge in [0.05, 0.1) is 5.56 Å². The number of carbonyl (C=O) groups is 2. The summed E-state index contributed by atoms with van der Waals surface area (Å²) in [6.07, 6.45) is 1.22. The summed E-state index contributed by atoms with van der Waals surface area (Å²) in [6, 6.07) is 16.3. The molecule has 4 heteroatoms. The molecule has 21 heavy (non-hydrogen) atoms. The normalized spacial score (nSPS) is 9.90. The lowest BCUT2D eigenvalue weighted by molar-refractivity contribution is -0.107. The number of benzene rings is 2. The van der Waals surface area contributed by atoms with E-state index in [4.69, 9.17) is 4.74 Å². The zero-order valence-corrected chi connectivity index (χ0v) is 12.1. The first-order valence-corrected chi connectivity index (χ1v) is 7.16. The minimum Gasteiger partial charge on any atom is -0.457 e. The molecular weight excluding hydrogens is 284 g/mol. The second-order valence-electron chi connectivity index (χ2n) is 4.18. The summed E-state index contributed by atoms with van der Waals surface area (Å²) in [4.78, 5) is 24.1. The van der Waals surface area contributed by atoms with Crippen LogP contribution in [-0.4, -0.2) is 11.1 Å². The Morgan fingerprint density at radius 3 is 2.43 bits per heavy atom. The van der Waals surface area contributed by atoms with Gasteiger partial charge in [0.1, 0.15) is 6.61 Å². The van der Waals surface area contributed by atoms with Gasteiger partial charge in [0.15, 0.2) is 0 Å². The van der Waals surface area contributed by atoms with Crippen LogP contribution in [0.4, 0.5) is 0 Å². The molecule has 2 rings (SSSR count). The van der Waals surface area contributed by atoms with Gasteiger partial charge in [-0.25, -0.2) is 4.79 Å². The Kier molecular flexibility index (Phi) is 5.35. The van der Waals surface area contributed by atoms with Crippen molar-refractivity contribution in [1.29, 1.82) is 0 Å². The molecule has 106 valence electrons. The van der Waals surface area contributed by atoms with Crippen molar-refractivity contribution in [3.05, 3.63) is 78.4 Å². The zero-order valence-electron chi connectivity index (χ0n) is 11.3. The lowest BCUT2D eigenvalue weighted by Crippen LogP contribution is -2.07. The van der Waals surface area contributed by atoms with E-state index in [1.165, 1.54) is 6.08 Å². The van der Waals surface area contributed by atoms with Crippen molar-refractivity contribution in [3.8, 4) is 0 Å². The first-order chi connectivity index (χ1) is 10.2. The molecule has 0 aliphatic rings. The monoisotopic (exact) mass is 298 g/mol. The Morgan fingerprint density at radius 2 is 1.71 bits per heavy atom. The van der Waals surface area contributed by atoms with Crippen LogP contribution in [-0.2, 0) is 16.1 Å². The third kappa shape index (κ3) is 4.33. The molecule has 0 unspecified atom stereocenters. The van der Waals surface area contributed by atoms with Crippen LogP contribution >= 0.6 is 11.8 Å². The first-order valence-electron chi connectivity index (χ1n) is 6.35. The van der Waals surface area contributed by atoms with E-state index in [1.54, 1.807) is 24.3 Å². The van der Waals surface area contributed by atoms with Crippen molar-refractivity contribution in [3.63, 3.8) is 0 Å². The quantitative estimate of drug-likeness (QED) is 0.478. The molecule has 2 aromatic rings. The number of esters is 1. The third-order valence-electron chi connectivity index (χ3n) is 2.70. The van der Waals surface area contributed by atoms with Crippen LogP contribution in [0.5, 0.6) is 0 Å². The smallest absolute Gasteiger partial charge is 0.339 e. The highest BCUT2D eigenvalue weighted by atomic mass is 32.2. The molecule has 0 atom stereocenters. The number of rotatable bonds is 5. The van der Waals surface area contributed by atoms with E-state index in [2.05, 4.69) is 6.58 Å². The van der Waals surface area contributed by atoms with Gasteiger partial charge in [0.25, 0.3) is 0 Å². The van der Waals surface area contributed by atoms with E-state index in [0.29, 0.717) is 10.5 Å². The number of ether oxygens (including phenoxy) is 1. The summed E-state index contributed by atoms with van der Waals surface area (Å²) < 4.78 is 5.28. The van der Waals surface area contributed by atoms with Gasteiger partial charge in [-0.15, -0.1) is 0 Å². The molecule has 0 saturated heterocycles. The van der Waals surface area contributed by atoms with Crippen LogP contribution in [0.15, 0.2) is 72.1 Å². The fourth-order valence-corrected chi connectivity index (χ4v) is 2.38. The maximum absolute atomic E-state index is 12.1. The largest absolute Gasteiger partial charge is 0.457 e. The van der Waals surface area contributed by atoms with E-state index in [0.717, 1.165) is 17.3 Å². The van der Waals surface area contributed by atoms with Gasteiger partial charge in [-0.05, 0) is 35.5 Å². The second-order valence-corrected chi connectivity index (χ2v) is 5.23. The fraction of sp³-hybridized carbons (Fsp3) is 0.0588. The Morgan fingerprint density at radius 1 is 1.05 bits per heavy atom. The molecule has 0 saturated carbocycles. The topological polar surface area (TPSA) is 43.4 Å². The molecule has 0 heterocycles. The lowest BCUT2D eigenvalue weighted by atomic mass is 10.2. The summed E-state index contributed by atoms with van der Waals surface area (Å²) >= 11 is 0.962. The molecule has 0 aromatic heterocycles. The van der Waals surface area contributed by atoms with Crippen molar-refractivity contribution in [1.82, 2.24) is 0 Å². The Balaban J connectivity index is 2.08. The third-order valence-corrected chi connectivity index (χ3v) is 3.64. The molecule has 0 aliphatic heterocycles. The van der Waals surface area contributed by atoms with E-state index < -0.39 is 5.97 Å². The van der Waals surface area contributed by atoms with Gasteiger partial charge < -0.3 is 4.74 Å². The van der Waals surface area contributed by atoms with Crippen LogP contribution in [0, 0.1) is 0 Å². The summed E-state index contributed by atoms with van der Waals surface area (Å²) in [5, 5.41) is -0.210. The van der Waals surface area contributed by atoms with Gasteiger partial charge >= 0.3 is 5.97 Å². The minimum atomic E-state index is -0.446. The van der Waals surface area contributed by atoms with Gasteiger partial charge in [-0.3, -0.25) is 4.79 Å². The standard InChI is InChI=1S/C17H14O3S/c1-2-16(18)21-15-11-7-6-10-14(15)17(19)20-12-13-8-4-3-5-9-13/h2-11H,1,12H2. The SMILES string of the molecule is C=CC(=O)Sc1ccccc1C(=O)OCc1ccccc1. The van der Waals surface area contributed by atoms with E-state index in [9.17, 15) is 9.59 Å². The summed E-state index contributed by atoms with van der Waals surface area (Å²) in [7, 11) is 0. The number of carbonyl (C=O) groups excluding carboxylic acids is 2. The van der Waals surface area contributed by atoms with E-state index in [-0.39, 0.29) is 11.7 Å². The molecule has 0 spiro atoms. The van der Waals surface area contributed by atoms with Gasteiger partial charge in [0, 0.05) is 4.90 Å². The van der Waals surface area contributed by atoms with Crippen LogP contribution in [0.3, 0.4) is 0 Å². The first kappa shape index (κ1) is 15.1. The Labute approximate surface area is 127 Å². The molecule has 0 amide bonds.